The Labute approximate surface area is 116 Å². The second-order valence-electron chi connectivity index (χ2n) is 5.38. The maximum atomic E-state index is 3.95. The molecule has 0 saturated heterocycles. The Balaban J connectivity index is 3.48. The highest BCUT2D eigenvalue weighted by Crippen LogP contribution is 2.14. The molecule has 1 atom stereocenters. The van der Waals surface area contributed by atoms with E-state index in [4.69, 9.17) is 0 Å². The minimum absolute atomic E-state index is 0.609. The normalized spacial score (nSPS) is 13.0. The zero-order valence-electron chi connectivity index (χ0n) is 12.8. The van der Waals surface area contributed by atoms with Gasteiger partial charge in [0.15, 0.2) is 0 Å². The molecule has 106 valence electrons. The lowest BCUT2D eigenvalue weighted by Crippen LogP contribution is -1.91. The number of rotatable bonds is 13. The van der Waals surface area contributed by atoms with Gasteiger partial charge in [-0.1, -0.05) is 83.4 Å². The van der Waals surface area contributed by atoms with Crippen LogP contribution in [0, 0.1) is 5.92 Å². The molecule has 0 N–H and O–H groups in total. The molecular formula is C18H34. The van der Waals surface area contributed by atoms with Gasteiger partial charge in [0.05, 0.1) is 0 Å². The Morgan fingerprint density at radius 3 is 2.06 bits per heavy atom. The van der Waals surface area contributed by atoms with Gasteiger partial charge in [0.1, 0.15) is 0 Å². The molecule has 0 fully saturated rings. The topological polar surface area (TPSA) is 0 Å². The van der Waals surface area contributed by atoms with Gasteiger partial charge in [-0.15, -0.1) is 6.58 Å². The minimum Gasteiger partial charge on any atom is -0.102 e. The summed E-state index contributed by atoms with van der Waals surface area (Å²) in [5.41, 5.74) is 0. The molecule has 0 heteroatoms. The molecule has 0 radical (unpaired) electrons. The quantitative estimate of drug-likeness (QED) is 0.253. The Morgan fingerprint density at radius 2 is 1.44 bits per heavy atom. The van der Waals surface area contributed by atoms with E-state index in [9.17, 15) is 0 Å². The molecule has 0 aromatic rings. The van der Waals surface area contributed by atoms with Gasteiger partial charge < -0.3 is 0 Å². The van der Waals surface area contributed by atoms with E-state index in [1.165, 1.54) is 70.6 Å². The molecule has 0 aromatic heterocycles. The lowest BCUT2D eigenvalue weighted by molar-refractivity contribution is 0.588. The Morgan fingerprint density at radius 1 is 0.833 bits per heavy atom. The van der Waals surface area contributed by atoms with Crippen molar-refractivity contribution in [2.45, 2.75) is 84.5 Å². The summed E-state index contributed by atoms with van der Waals surface area (Å²) in [6.07, 6.45) is 21.7. The third-order valence-electron chi connectivity index (χ3n) is 3.55. The summed E-state index contributed by atoms with van der Waals surface area (Å²) in [6.45, 7) is 8.49. The van der Waals surface area contributed by atoms with Crippen molar-refractivity contribution in [3.63, 3.8) is 0 Å². The van der Waals surface area contributed by atoms with Crippen LogP contribution in [0.15, 0.2) is 24.8 Å². The highest BCUT2D eigenvalue weighted by Gasteiger charge is 1.98. The molecule has 0 aliphatic carbocycles. The van der Waals surface area contributed by atoms with Gasteiger partial charge in [0.25, 0.3) is 0 Å². The van der Waals surface area contributed by atoms with Gasteiger partial charge in [0.2, 0.25) is 0 Å². The minimum atomic E-state index is 0.609. The van der Waals surface area contributed by atoms with Gasteiger partial charge in [-0.2, -0.15) is 0 Å². The lowest BCUT2D eigenvalue weighted by Gasteiger charge is -2.06. The summed E-state index contributed by atoms with van der Waals surface area (Å²) < 4.78 is 0. The predicted molar refractivity (Wildman–Crippen MR) is 85.0 cm³/mol. The standard InChI is InChI=1S/C18H34/c1-4-7-9-11-12-13-15-17-18(6-3)16-14-10-8-5-2/h6,15,17-18H,3-5,7-14,16H2,1-2H3. The first-order valence-electron chi connectivity index (χ1n) is 8.14. The first-order chi connectivity index (χ1) is 8.85. The molecule has 0 bridgehead atoms. The molecule has 0 nitrogen and oxygen atoms in total. The molecule has 0 saturated carbocycles. The van der Waals surface area contributed by atoms with Crippen molar-refractivity contribution in [1.82, 2.24) is 0 Å². The second kappa shape index (κ2) is 14.5. The fourth-order valence-electron chi connectivity index (χ4n) is 2.24. The van der Waals surface area contributed by atoms with E-state index in [1.54, 1.807) is 0 Å². The summed E-state index contributed by atoms with van der Waals surface area (Å²) in [6, 6.07) is 0. The molecule has 0 amide bonds. The number of allylic oxidation sites excluding steroid dienone is 3. The fraction of sp³-hybridized carbons (Fsp3) is 0.778. The zero-order chi connectivity index (χ0) is 13.5. The first-order valence-corrected chi connectivity index (χ1v) is 8.14. The van der Waals surface area contributed by atoms with Crippen LogP contribution in [0.25, 0.3) is 0 Å². The summed E-state index contributed by atoms with van der Waals surface area (Å²) in [7, 11) is 0. The van der Waals surface area contributed by atoms with Crippen LogP contribution < -0.4 is 0 Å². The maximum absolute atomic E-state index is 3.95. The Bertz CT molecular complexity index is 190. The zero-order valence-corrected chi connectivity index (χ0v) is 12.8. The van der Waals surface area contributed by atoms with Crippen LogP contribution in [-0.2, 0) is 0 Å². The fourth-order valence-corrected chi connectivity index (χ4v) is 2.24. The largest absolute Gasteiger partial charge is 0.102 e. The van der Waals surface area contributed by atoms with E-state index in [-0.39, 0.29) is 0 Å². The van der Waals surface area contributed by atoms with Crippen LogP contribution in [0.4, 0.5) is 0 Å². The second-order valence-corrected chi connectivity index (χ2v) is 5.38. The summed E-state index contributed by atoms with van der Waals surface area (Å²) in [5, 5.41) is 0. The molecule has 1 unspecified atom stereocenters. The summed E-state index contributed by atoms with van der Waals surface area (Å²) >= 11 is 0. The first kappa shape index (κ1) is 17.5. The van der Waals surface area contributed by atoms with Crippen molar-refractivity contribution in [3.05, 3.63) is 24.8 Å². The van der Waals surface area contributed by atoms with E-state index in [0.717, 1.165) is 0 Å². The summed E-state index contributed by atoms with van der Waals surface area (Å²) in [4.78, 5) is 0. The molecule has 0 aromatic carbocycles. The molecule has 0 rings (SSSR count). The Kier molecular flexibility index (Phi) is 14.1. The number of hydrogen-bond acceptors (Lipinski definition) is 0. The van der Waals surface area contributed by atoms with E-state index in [1.807, 2.05) is 0 Å². The average Bonchev–Trinajstić information content (AvgIpc) is 2.40. The van der Waals surface area contributed by atoms with E-state index in [0.29, 0.717) is 5.92 Å². The van der Waals surface area contributed by atoms with Gasteiger partial charge in [-0.05, 0) is 25.2 Å². The van der Waals surface area contributed by atoms with E-state index >= 15 is 0 Å². The van der Waals surface area contributed by atoms with Crippen LogP contribution >= 0.6 is 0 Å². The average molecular weight is 250 g/mol. The van der Waals surface area contributed by atoms with E-state index in [2.05, 4.69) is 38.7 Å². The third kappa shape index (κ3) is 12.0. The molecule has 0 heterocycles. The van der Waals surface area contributed by atoms with Gasteiger partial charge >= 0.3 is 0 Å². The number of unbranched alkanes of at least 4 members (excludes halogenated alkanes) is 8. The predicted octanol–water partition coefficient (Wildman–Crippen LogP) is 6.68. The van der Waals surface area contributed by atoms with Crippen molar-refractivity contribution in [1.29, 1.82) is 0 Å². The summed E-state index contributed by atoms with van der Waals surface area (Å²) in [5.74, 6) is 0.609. The van der Waals surface area contributed by atoms with Crippen LogP contribution in [0.2, 0.25) is 0 Å². The van der Waals surface area contributed by atoms with Crippen LogP contribution in [0.5, 0.6) is 0 Å². The maximum Gasteiger partial charge on any atom is -0.00562 e. The van der Waals surface area contributed by atoms with Crippen LogP contribution in [0.3, 0.4) is 0 Å². The third-order valence-corrected chi connectivity index (χ3v) is 3.55. The van der Waals surface area contributed by atoms with Crippen molar-refractivity contribution in [3.8, 4) is 0 Å². The SMILES string of the molecule is C=CC(C=CCCCCCCC)CCCCCC. The van der Waals surface area contributed by atoms with Gasteiger partial charge in [-0.3, -0.25) is 0 Å². The highest BCUT2D eigenvalue weighted by molar-refractivity contribution is 4.96. The molecule has 0 aliphatic heterocycles. The van der Waals surface area contributed by atoms with Crippen molar-refractivity contribution in [2.24, 2.45) is 5.92 Å². The van der Waals surface area contributed by atoms with Gasteiger partial charge in [-0.25, -0.2) is 0 Å². The highest BCUT2D eigenvalue weighted by atomic mass is 14.0. The van der Waals surface area contributed by atoms with Crippen molar-refractivity contribution < 1.29 is 0 Å². The monoisotopic (exact) mass is 250 g/mol. The molecule has 0 aliphatic rings. The van der Waals surface area contributed by atoms with Crippen molar-refractivity contribution >= 4 is 0 Å². The Hall–Kier alpha value is -0.520. The van der Waals surface area contributed by atoms with E-state index < -0.39 is 0 Å². The smallest absolute Gasteiger partial charge is 0.00562 e. The molecular weight excluding hydrogens is 216 g/mol. The molecule has 0 spiro atoms. The number of hydrogen-bond donors (Lipinski definition) is 0. The lowest BCUT2D eigenvalue weighted by atomic mass is 9.99. The molecule has 18 heavy (non-hydrogen) atoms. The van der Waals surface area contributed by atoms with Crippen LogP contribution in [0.1, 0.15) is 84.5 Å². The van der Waals surface area contributed by atoms with Crippen molar-refractivity contribution in [2.75, 3.05) is 0 Å². The van der Waals surface area contributed by atoms with Crippen LogP contribution in [-0.4, -0.2) is 0 Å². The van der Waals surface area contributed by atoms with Gasteiger partial charge in [0, 0.05) is 0 Å².